The molecule has 3 heteroatoms. The summed E-state index contributed by atoms with van der Waals surface area (Å²) in [5.74, 6) is -0.296. The molecule has 0 heterocycles. The monoisotopic (exact) mass is 280 g/mol. The van der Waals surface area contributed by atoms with Crippen molar-refractivity contribution in [2.75, 3.05) is 0 Å². The number of rotatable bonds is 6. The summed E-state index contributed by atoms with van der Waals surface area (Å²) in [6.45, 7) is 17.0. The van der Waals surface area contributed by atoms with E-state index in [-0.39, 0.29) is 5.97 Å². The van der Waals surface area contributed by atoms with Crippen LogP contribution < -0.4 is 0 Å². The summed E-state index contributed by atoms with van der Waals surface area (Å²) < 4.78 is 5.52. The average molecular weight is 280 g/mol. The second-order valence-corrected chi connectivity index (χ2v) is 7.38. The largest absolute Gasteiger partial charge is 0.459 e. The number of hydrogen-bond donors (Lipinski definition) is 1. The summed E-state index contributed by atoms with van der Waals surface area (Å²) in [6, 6.07) is 0. The smallest absolute Gasteiger partial charge is 0.315 e. The minimum absolute atomic E-state index is 0.296. The van der Waals surface area contributed by atoms with Crippen molar-refractivity contribution in [1.29, 1.82) is 0 Å². The lowest BCUT2D eigenvalue weighted by molar-refractivity contribution is -0.174. The van der Waals surface area contributed by atoms with E-state index in [0.29, 0.717) is 25.7 Å². The third-order valence-corrected chi connectivity index (χ3v) is 3.62. The van der Waals surface area contributed by atoms with Gasteiger partial charge in [-0.2, -0.15) is 0 Å². The Kier molecular flexibility index (Phi) is 4.55. The number of hydrogen-bond acceptors (Lipinski definition) is 3. The van der Waals surface area contributed by atoms with Crippen molar-refractivity contribution < 1.29 is 14.6 Å². The van der Waals surface area contributed by atoms with Gasteiger partial charge < -0.3 is 9.84 Å². The van der Waals surface area contributed by atoms with E-state index >= 15 is 0 Å². The Morgan fingerprint density at radius 3 is 1.80 bits per heavy atom. The molecule has 1 saturated carbocycles. The van der Waals surface area contributed by atoms with Crippen LogP contribution in [0.5, 0.6) is 0 Å². The van der Waals surface area contributed by atoms with Gasteiger partial charge in [-0.05, 0) is 60.3 Å². The molecule has 0 spiro atoms. The molecule has 1 aliphatic rings. The maximum absolute atomic E-state index is 12.5. The van der Waals surface area contributed by atoms with Crippen molar-refractivity contribution in [3.8, 4) is 0 Å². The minimum Gasteiger partial charge on any atom is -0.459 e. The average Bonchev–Trinajstić information content (AvgIpc) is 2.91. The number of carbonyl (C=O) groups is 1. The molecule has 0 bridgehead atoms. The Morgan fingerprint density at radius 2 is 1.55 bits per heavy atom. The van der Waals surface area contributed by atoms with Gasteiger partial charge >= 0.3 is 5.97 Å². The number of aliphatic hydroxyl groups is 1. The summed E-state index contributed by atoms with van der Waals surface area (Å²) in [5.41, 5.74) is -0.738. The zero-order valence-electron chi connectivity index (χ0n) is 13.5. The molecule has 3 nitrogen and oxygen atoms in total. The molecular weight excluding hydrogens is 252 g/mol. The Balaban J connectivity index is 3.03. The molecule has 0 aromatic carbocycles. The maximum Gasteiger partial charge on any atom is 0.315 e. The Labute approximate surface area is 122 Å². The normalized spacial score (nSPS) is 17.5. The molecule has 0 amide bonds. The van der Waals surface area contributed by atoms with Crippen molar-refractivity contribution >= 4 is 5.97 Å². The van der Waals surface area contributed by atoms with E-state index in [0.717, 1.165) is 11.1 Å². The number of esters is 1. The van der Waals surface area contributed by atoms with Crippen LogP contribution >= 0.6 is 0 Å². The molecule has 1 aliphatic carbocycles. The second kappa shape index (κ2) is 5.36. The second-order valence-electron chi connectivity index (χ2n) is 7.38. The van der Waals surface area contributed by atoms with Crippen molar-refractivity contribution in [1.82, 2.24) is 0 Å². The van der Waals surface area contributed by atoms with Gasteiger partial charge in [-0.15, -0.1) is 13.2 Å². The van der Waals surface area contributed by atoms with Crippen LogP contribution in [-0.4, -0.2) is 22.3 Å². The lowest BCUT2D eigenvalue weighted by Crippen LogP contribution is -2.47. The fraction of sp³-hybridized carbons (Fsp3) is 0.706. The van der Waals surface area contributed by atoms with Gasteiger partial charge in [0.25, 0.3) is 0 Å². The summed E-state index contributed by atoms with van der Waals surface area (Å²) in [6.07, 6.45) is 2.14. The Morgan fingerprint density at radius 1 is 1.15 bits per heavy atom. The van der Waals surface area contributed by atoms with Gasteiger partial charge in [-0.1, -0.05) is 11.1 Å². The molecule has 0 atom stereocenters. The molecule has 0 aliphatic heterocycles. The molecular formula is C17H28O3. The SMILES string of the molecule is C=C(C)CC(O)(CC(=C)C)C1(C(=O)OC(C)(C)C)CC1. The Bertz CT molecular complexity index is 406. The number of ether oxygens (including phenoxy) is 1. The van der Waals surface area contributed by atoms with E-state index in [1.807, 2.05) is 34.6 Å². The van der Waals surface area contributed by atoms with E-state index in [1.165, 1.54) is 0 Å². The predicted molar refractivity (Wildman–Crippen MR) is 81.3 cm³/mol. The van der Waals surface area contributed by atoms with Crippen LogP contribution in [0.2, 0.25) is 0 Å². The van der Waals surface area contributed by atoms with Crippen molar-refractivity contribution in [2.24, 2.45) is 5.41 Å². The molecule has 0 unspecified atom stereocenters. The van der Waals surface area contributed by atoms with E-state index < -0.39 is 16.6 Å². The molecule has 20 heavy (non-hydrogen) atoms. The lowest BCUT2D eigenvalue weighted by Gasteiger charge is -2.37. The van der Waals surface area contributed by atoms with E-state index in [2.05, 4.69) is 13.2 Å². The van der Waals surface area contributed by atoms with Gasteiger partial charge in [0.2, 0.25) is 0 Å². The fourth-order valence-electron chi connectivity index (χ4n) is 2.76. The zero-order chi connectivity index (χ0) is 15.8. The van der Waals surface area contributed by atoms with Crippen LogP contribution in [0.3, 0.4) is 0 Å². The zero-order valence-corrected chi connectivity index (χ0v) is 13.5. The number of carbonyl (C=O) groups excluding carboxylic acids is 1. The van der Waals surface area contributed by atoms with Crippen molar-refractivity contribution in [3.05, 3.63) is 24.3 Å². The first-order valence-corrected chi connectivity index (χ1v) is 7.16. The third kappa shape index (κ3) is 3.72. The van der Waals surface area contributed by atoms with Gasteiger partial charge in [-0.25, -0.2) is 0 Å². The van der Waals surface area contributed by atoms with Crippen molar-refractivity contribution in [3.63, 3.8) is 0 Å². The van der Waals surface area contributed by atoms with Crippen LogP contribution in [0.1, 0.15) is 60.3 Å². The maximum atomic E-state index is 12.5. The first-order chi connectivity index (χ1) is 8.92. The van der Waals surface area contributed by atoms with E-state index in [9.17, 15) is 9.90 Å². The highest BCUT2D eigenvalue weighted by atomic mass is 16.6. The molecule has 114 valence electrons. The van der Waals surface area contributed by atoms with Crippen LogP contribution in [0.15, 0.2) is 24.3 Å². The summed E-state index contributed by atoms with van der Waals surface area (Å²) in [5, 5.41) is 11.1. The summed E-state index contributed by atoms with van der Waals surface area (Å²) in [7, 11) is 0. The van der Waals surface area contributed by atoms with E-state index in [1.54, 1.807) is 0 Å². The van der Waals surface area contributed by atoms with Gasteiger partial charge in [0, 0.05) is 0 Å². The molecule has 1 N–H and O–H groups in total. The first kappa shape index (κ1) is 17.0. The third-order valence-electron chi connectivity index (χ3n) is 3.62. The van der Waals surface area contributed by atoms with Gasteiger partial charge in [-0.3, -0.25) is 4.79 Å². The topological polar surface area (TPSA) is 46.5 Å². The molecule has 0 radical (unpaired) electrons. The predicted octanol–water partition coefficient (Wildman–Crippen LogP) is 3.77. The lowest BCUT2D eigenvalue weighted by atomic mass is 9.75. The molecule has 1 fully saturated rings. The van der Waals surface area contributed by atoms with Gasteiger partial charge in [0.1, 0.15) is 5.60 Å². The van der Waals surface area contributed by atoms with Crippen LogP contribution in [0.25, 0.3) is 0 Å². The highest BCUT2D eigenvalue weighted by Crippen LogP contribution is 2.59. The molecule has 1 rings (SSSR count). The molecule has 0 saturated heterocycles. The molecule has 0 aromatic rings. The van der Waals surface area contributed by atoms with Gasteiger partial charge in [0.15, 0.2) is 0 Å². The van der Waals surface area contributed by atoms with Gasteiger partial charge in [0.05, 0.1) is 11.0 Å². The van der Waals surface area contributed by atoms with Crippen LogP contribution in [0.4, 0.5) is 0 Å². The highest BCUT2D eigenvalue weighted by molar-refractivity contribution is 5.82. The fourth-order valence-corrected chi connectivity index (χ4v) is 2.76. The Hall–Kier alpha value is -1.09. The quantitative estimate of drug-likeness (QED) is 0.595. The van der Waals surface area contributed by atoms with Crippen molar-refractivity contribution in [2.45, 2.75) is 71.5 Å². The standard InChI is InChI=1S/C17H28O3/c1-12(2)10-17(19,11-13(3)4)16(8-9-16)14(18)20-15(5,6)7/h19H,1,3,8-11H2,2,4-7H3. The van der Waals surface area contributed by atoms with Crippen LogP contribution in [0, 0.1) is 5.41 Å². The van der Waals surface area contributed by atoms with E-state index in [4.69, 9.17) is 4.74 Å². The highest BCUT2D eigenvalue weighted by Gasteiger charge is 2.65. The summed E-state index contributed by atoms with van der Waals surface area (Å²) in [4.78, 5) is 12.5. The molecule has 0 aromatic heterocycles. The summed E-state index contributed by atoms with van der Waals surface area (Å²) >= 11 is 0. The minimum atomic E-state index is -1.13. The van der Waals surface area contributed by atoms with Crippen LogP contribution in [-0.2, 0) is 9.53 Å². The first-order valence-electron chi connectivity index (χ1n) is 7.16.